The van der Waals surface area contributed by atoms with Gasteiger partial charge in [0.15, 0.2) is 0 Å². The number of nitrogens with zero attached hydrogens (tertiary/aromatic N) is 1. The SMILES string of the molecule is COc1ccc2ccccc2c1CN1CCC2(CC1)C[C@@H]2C(=O)NCCc1ccccc1. The van der Waals surface area contributed by atoms with E-state index in [1.54, 1.807) is 7.11 Å². The highest BCUT2D eigenvalue weighted by molar-refractivity contribution is 5.87. The van der Waals surface area contributed by atoms with E-state index in [1.165, 1.54) is 21.9 Å². The van der Waals surface area contributed by atoms with Gasteiger partial charge < -0.3 is 10.1 Å². The average molecular weight is 429 g/mol. The zero-order chi connectivity index (χ0) is 22.0. The largest absolute Gasteiger partial charge is 0.496 e. The van der Waals surface area contributed by atoms with Gasteiger partial charge in [0.1, 0.15) is 5.75 Å². The first kappa shape index (κ1) is 21.0. The van der Waals surface area contributed by atoms with Crippen molar-refractivity contribution >= 4 is 16.7 Å². The summed E-state index contributed by atoms with van der Waals surface area (Å²) in [4.78, 5) is 15.3. The molecule has 0 unspecified atom stereocenters. The maximum atomic E-state index is 12.7. The topological polar surface area (TPSA) is 41.6 Å². The van der Waals surface area contributed by atoms with Crippen LogP contribution in [0.5, 0.6) is 5.75 Å². The van der Waals surface area contributed by atoms with Gasteiger partial charge in [-0.15, -0.1) is 0 Å². The summed E-state index contributed by atoms with van der Waals surface area (Å²) in [7, 11) is 1.75. The molecule has 4 nitrogen and oxygen atoms in total. The molecule has 1 N–H and O–H groups in total. The average Bonchev–Trinajstić information content (AvgIpc) is 3.55. The van der Waals surface area contributed by atoms with Gasteiger partial charge in [-0.3, -0.25) is 9.69 Å². The number of hydrogen-bond acceptors (Lipinski definition) is 3. The predicted octanol–water partition coefficient (Wildman–Crippen LogP) is 4.81. The number of rotatable bonds is 7. The molecule has 1 saturated carbocycles. The summed E-state index contributed by atoms with van der Waals surface area (Å²) in [6.07, 6.45) is 4.16. The van der Waals surface area contributed by atoms with Crippen molar-refractivity contribution in [3.8, 4) is 5.75 Å². The highest BCUT2D eigenvalue weighted by Crippen LogP contribution is 2.59. The molecule has 1 saturated heterocycles. The fraction of sp³-hybridized carbons (Fsp3) is 0.393. The molecule has 2 fully saturated rings. The smallest absolute Gasteiger partial charge is 0.223 e. The molecule has 166 valence electrons. The number of benzene rings is 3. The molecule has 1 amide bonds. The highest BCUT2D eigenvalue weighted by atomic mass is 16.5. The second kappa shape index (κ2) is 8.95. The standard InChI is InChI=1S/C28H32N2O2/c1-32-26-12-11-22-9-5-6-10-23(22)24(26)20-30-17-14-28(15-18-30)19-25(28)27(31)29-16-13-21-7-3-2-4-8-21/h2-12,25H,13-20H2,1H3,(H,29,31)/t25-/m1/s1. The van der Waals surface area contributed by atoms with Crippen LogP contribution < -0.4 is 10.1 Å². The molecule has 1 aliphatic heterocycles. The van der Waals surface area contributed by atoms with Gasteiger partial charge in [0.05, 0.1) is 7.11 Å². The second-order valence-electron chi connectivity index (χ2n) is 9.39. The molecule has 1 heterocycles. The third kappa shape index (κ3) is 4.24. The number of likely N-dealkylation sites (tertiary alicyclic amines) is 1. The molecule has 2 aliphatic rings. The van der Waals surface area contributed by atoms with E-state index in [0.29, 0.717) is 0 Å². The van der Waals surface area contributed by atoms with Crippen LogP contribution in [0.3, 0.4) is 0 Å². The summed E-state index contributed by atoms with van der Waals surface area (Å²) in [6, 6.07) is 23.1. The number of methoxy groups -OCH3 is 1. The summed E-state index contributed by atoms with van der Waals surface area (Å²) in [6.45, 7) is 3.71. The lowest BCUT2D eigenvalue weighted by Crippen LogP contribution is -2.37. The van der Waals surface area contributed by atoms with Gasteiger partial charge in [-0.1, -0.05) is 60.7 Å². The third-order valence-corrected chi connectivity index (χ3v) is 7.51. The molecular formula is C28H32N2O2. The number of fused-ring (bicyclic) bond motifs is 1. The quantitative estimate of drug-likeness (QED) is 0.587. The maximum absolute atomic E-state index is 12.7. The van der Waals surface area contributed by atoms with E-state index >= 15 is 0 Å². The van der Waals surface area contributed by atoms with Gasteiger partial charge in [-0.05, 0) is 66.6 Å². The fourth-order valence-electron chi connectivity index (χ4n) is 5.42. The monoisotopic (exact) mass is 428 g/mol. The molecule has 0 aromatic heterocycles. The third-order valence-electron chi connectivity index (χ3n) is 7.51. The van der Waals surface area contributed by atoms with E-state index in [0.717, 1.165) is 57.6 Å². The van der Waals surface area contributed by atoms with Gasteiger partial charge in [0, 0.05) is 24.6 Å². The normalized spacial score (nSPS) is 19.7. The molecule has 32 heavy (non-hydrogen) atoms. The van der Waals surface area contributed by atoms with Gasteiger partial charge in [0.25, 0.3) is 0 Å². The first-order chi connectivity index (χ1) is 15.7. The van der Waals surface area contributed by atoms with E-state index in [9.17, 15) is 4.79 Å². The van der Waals surface area contributed by atoms with E-state index in [2.05, 4.69) is 70.9 Å². The molecule has 0 radical (unpaired) electrons. The molecule has 4 heteroatoms. The van der Waals surface area contributed by atoms with Gasteiger partial charge in [0.2, 0.25) is 5.91 Å². The van der Waals surface area contributed by atoms with Crippen LogP contribution in [-0.4, -0.2) is 37.6 Å². The van der Waals surface area contributed by atoms with Crippen LogP contribution in [0.15, 0.2) is 66.7 Å². The molecular weight excluding hydrogens is 396 g/mol. The number of hydrogen-bond donors (Lipinski definition) is 1. The minimum atomic E-state index is 0.201. The predicted molar refractivity (Wildman–Crippen MR) is 129 cm³/mol. The Morgan fingerprint density at radius 2 is 1.78 bits per heavy atom. The van der Waals surface area contributed by atoms with E-state index < -0.39 is 0 Å². The van der Waals surface area contributed by atoms with Crippen LogP contribution in [0.2, 0.25) is 0 Å². The summed E-state index contributed by atoms with van der Waals surface area (Å²) in [5, 5.41) is 5.71. The van der Waals surface area contributed by atoms with Crippen molar-refractivity contribution in [2.24, 2.45) is 11.3 Å². The summed E-state index contributed by atoms with van der Waals surface area (Å²) in [5.41, 5.74) is 2.78. The molecule has 3 aromatic rings. The Morgan fingerprint density at radius 1 is 1.03 bits per heavy atom. The molecule has 3 aromatic carbocycles. The minimum absolute atomic E-state index is 0.201. The maximum Gasteiger partial charge on any atom is 0.223 e. The summed E-state index contributed by atoms with van der Waals surface area (Å²) >= 11 is 0. The van der Waals surface area contributed by atoms with Crippen molar-refractivity contribution in [2.45, 2.75) is 32.2 Å². The first-order valence-corrected chi connectivity index (χ1v) is 11.8. The lowest BCUT2D eigenvalue weighted by atomic mass is 9.90. The molecule has 1 atom stereocenters. The van der Waals surface area contributed by atoms with Crippen molar-refractivity contribution in [1.29, 1.82) is 0 Å². The van der Waals surface area contributed by atoms with Crippen LogP contribution >= 0.6 is 0 Å². The van der Waals surface area contributed by atoms with Crippen LogP contribution in [0.25, 0.3) is 10.8 Å². The van der Waals surface area contributed by atoms with Gasteiger partial charge >= 0.3 is 0 Å². The van der Waals surface area contributed by atoms with Gasteiger partial charge in [-0.25, -0.2) is 0 Å². The number of ether oxygens (including phenoxy) is 1. The lowest BCUT2D eigenvalue weighted by Gasteiger charge is -2.33. The Kier molecular flexibility index (Phi) is 5.88. The molecule has 5 rings (SSSR count). The van der Waals surface area contributed by atoms with Crippen LogP contribution in [0.1, 0.15) is 30.4 Å². The summed E-state index contributed by atoms with van der Waals surface area (Å²) in [5.74, 6) is 1.42. The number of carbonyl (C=O) groups is 1. The number of nitrogens with one attached hydrogen (secondary N) is 1. The summed E-state index contributed by atoms with van der Waals surface area (Å²) < 4.78 is 5.69. The second-order valence-corrected chi connectivity index (χ2v) is 9.39. The fourth-order valence-corrected chi connectivity index (χ4v) is 5.42. The lowest BCUT2D eigenvalue weighted by molar-refractivity contribution is -0.123. The highest BCUT2D eigenvalue weighted by Gasteiger charge is 2.58. The van der Waals surface area contributed by atoms with E-state index in [4.69, 9.17) is 4.74 Å². The van der Waals surface area contributed by atoms with E-state index in [1.807, 2.05) is 6.07 Å². The van der Waals surface area contributed by atoms with Crippen LogP contribution in [0.4, 0.5) is 0 Å². The van der Waals surface area contributed by atoms with Crippen molar-refractivity contribution in [1.82, 2.24) is 10.2 Å². The van der Waals surface area contributed by atoms with Gasteiger partial charge in [-0.2, -0.15) is 0 Å². The Bertz CT molecular complexity index is 1090. The van der Waals surface area contributed by atoms with Crippen molar-refractivity contribution in [3.05, 3.63) is 77.9 Å². The Morgan fingerprint density at radius 3 is 2.56 bits per heavy atom. The Hall–Kier alpha value is -2.85. The van der Waals surface area contributed by atoms with Crippen molar-refractivity contribution < 1.29 is 9.53 Å². The Balaban J connectivity index is 1.15. The zero-order valence-electron chi connectivity index (χ0n) is 18.8. The minimum Gasteiger partial charge on any atom is -0.496 e. The Labute approximate surface area is 190 Å². The number of piperidine rings is 1. The zero-order valence-corrected chi connectivity index (χ0v) is 18.8. The van der Waals surface area contributed by atoms with Crippen molar-refractivity contribution in [3.63, 3.8) is 0 Å². The first-order valence-electron chi connectivity index (χ1n) is 11.8. The van der Waals surface area contributed by atoms with Crippen LogP contribution in [-0.2, 0) is 17.8 Å². The molecule has 0 bridgehead atoms. The van der Waals surface area contributed by atoms with Crippen molar-refractivity contribution in [2.75, 3.05) is 26.7 Å². The van der Waals surface area contributed by atoms with E-state index in [-0.39, 0.29) is 17.2 Å². The molecule has 1 spiro atoms. The number of carbonyl (C=O) groups excluding carboxylic acids is 1. The molecule has 1 aliphatic carbocycles. The number of amides is 1. The van der Waals surface area contributed by atoms with Crippen LogP contribution in [0, 0.1) is 11.3 Å².